The number of halogens is 1. The first kappa shape index (κ1) is 12.9. The number of aliphatic hydroxyl groups is 1. The third kappa shape index (κ3) is 2.34. The quantitative estimate of drug-likeness (QED) is 0.912. The molecule has 1 aliphatic rings. The number of aliphatic hydroxyl groups excluding tert-OH is 1. The first-order valence-electron chi connectivity index (χ1n) is 5.65. The second-order valence-corrected chi connectivity index (χ2v) is 5.61. The van der Waals surface area contributed by atoms with Crippen molar-refractivity contribution >= 4 is 15.9 Å². The van der Waals surface area contributed by atoms with Gasteiger partial charge in [-0.3, -0.25) is 0 Å². The highest BCUT2D eigenvalue weighted by Gasteiger charge is 2.41. The summed E-state index contributed by atoms with van der Waals surface area (Å²) in [6, 6.07) is 5.69. The molecule has 2 unspecified atom stereocenters. The molecule has 0 fully saturated rings. The van der Waals surface area contributed by atoms with E-state index in [1.807, 2.05) is 32.0 Å². The maximum Gasteiger partial charge on any atom is 0.135 e. The van der Waals surface area contributed by atoms with Crippen molar-refractivity contribution in [2.24, 2.45) is 0 Å². The van der Waals surface area contributed by atoms with Crippen molar-refractivity contribution in [3.05, 3.63) is 28.2 Å². The molecule has 0 saturated carbocycles. The Balaban J connectivity index is 2.36. The van der Waals surface area contributed by atoms with Crippen LogP contribution in [0.3, 0.4) is 0 Å². The third-order valence-corrected chi connectivity index (χ3v) is 3.98. The van der Waals surface area contributed by atoms with Gasteiger partial charge in [-0.25, -0.2) is 0 Å². The van der Waals surface area contributed by atoms with Crippen LogP contribution in [0, 0.1) is 0 Å². The molecule has 0 bridgehead atoms. The van der Waals surface area contributed by atoms with Crippen LogP contribution in [0.2, 0.25) is 0 Å². The molecule has 3 nitrogen and oxygen atoms in total. The fourth-order valence-corrected chi connectivity index (χ4v) is 2.54. The van der Waals surface area contributed by atoms with Crippen molar-refractivity contribution < 1.29 is 14.6 Å². The highest BCUT2D eigenvalue weighted by molar-refractivity contribution is 9.10. The average molecular weight is 301 g/mol. The number of methoxy groups -OCH3 is 1. The minimum Gasteiger partial charge on any atom is -0.484 e. The molecule has 3 atom stereocenters. The van der Waals surface area contributed by atoms with Crippen molar-refractivity contribution in [3.8, 4) is 5.75 Å². The van der Waals surface area contributed by atoms with Crippen molar-refractivity contribution in [1.29, 1.82) is 0 Å². The van der Waals surface area contributed by atoms with Crippen molar-refractivity contribution in [1.82, 2.24) is 0 Å². The normalized spacial score (nSPS) is 29.4. The molecule has 0 spiro atoms. The summed E-state index contributed by atoms with van der Waals surface area (Å²) < 4.78 is 12.3. The molecule has 1 N–H and O–H groups in total. The Hall–Kier alpha value is -0.580. The Kier molecular flexibility index (Phi) is 3.48. The van der Waals surface area contributed by atoms with E-state index in [2.05, 4.69) is 15.9 Å². The smallest absolute Gasteiger partial charge is 0.135 e. The molecule has 17 heavy (non-hydrogen) atoms. The standard InChI is InChI=1S/C13H17BrO3/c1-8(16-3)13(2)7-11(15)10-6-9(14)4-5-12(10)17-13/h4-6,8,11,15H,7H2,1-3H3/t8?,11-,13?/m1/s1. The Morgan fingerprint density at radius 2 is 2.29 bits per heavy atom. The fraction of sp³-hybridized carbons (Fsp3) is 0.538. The first-order valence-corrected chi connectivity index (χ1v) is 6.45. The van der Waals surface area contributed by atoms with E-state index in [0.29, 0.717) is 6.42 Å². The van der Waals surface area contributed by atoms with Crippen molar-refractivity contribution in [2.75, 3.05) is 7.11 Å². The summed E-state index contributed by atoms with van der Waals surface area (Å²) in [5, 5.41) is 10.2. The Morgan fingerprint density at radius 3 is 2.94 bits per heavy atom. The molecule has 4 heteroatoms. The van der Waals surface area contributed by atoms with Crippen molar-refractivity contribution in [2.45, 2.75) is 38.1 Å². The topological polar surface area (TPSA) is 38.7 Å². The van der Waals surface area contributed by atoms with Crippen LogP contribution in [0.5, 0.6) is 5.75 Å². The zero-order chi connectivity index (χ0) is 12.6. The van der Waals surface area contributed by atoms with E-state index in [-0.39, 0.29) is 6.10 Å². The molecule has 0 aliphatic carbocycles. The van der Waals surface area contributed by atoms with Gasteiger partial charge in [0.15, 0.2) is 0 Å². The molecule has 1 aliphatic heterocycles. The fourth-order valence-electron chi connectivity index (χ4n) is 2.16. The lowest BCUT2D eigenvalue weighted by Gasteiger charge is -2.41. The van der Waals surface area contributed by atoms with Gasteiger partial charge >= 0.3 is 0 Å². The number of hydrogen-bond acceptors (Lipinski definition) is 3. The van der Waals surface area contributed by atoms with E-state index >= 15 is 0 Å². The molecule has 0 saturated heterocycles. The van der Waals surface area contributed by atoms with E-state index in [1.165, 1.54) is 0 Å². The molecule has 0 amide bonds. The molecule has 0 aromatic heterocycles. The van der Waals surface area contributed by atoms with Gasteiger partial charge in [0.2, 0.25) is 0 Å². The molecule has 94 valence electrons. The van der Waals surface area contributed by atoms with Gasteiger partial charge in [-0.05, 0) is 32.0 Å². The van der Waals surface area contributed by atoms with E-state index in [0.717, 1.165) is 15.8 Å². The number of fused-ring (bicyclic) bond motifs is 1. The predicted octanol–water partition coefficient (Wildman–Crippen LogP) is 3.06. The summed E-state index contributed by atoms with van der Waals surface area (Å²) >= 11 is 3.40. The van der Waals surface area contributed by atoms with Crippen LogP contribution in [0.4, 0.5) is 0 Å². The summed E-state index contributed by atoms with van der Waals surface area (Å²) in [7, 11) is 1.66. The van der Waals surface area contributed by atoms with Gasteiger partial charge in [-0.1, -0.05) is 15.9 Å². The number of rotatable bonds is 2. The lowest BCUT2D eigenvalue weighted by molar-refractivity contribution is -0.0919. The highest BCUT2D eigenvalue weighted by Crippen LogP contribution is 2.42. The Morgan fingerprint density at radius 1 is 1.59 bits per heavy atom. The Labute approximate surface area is 110 Å². The second-order valence-electron chi connectivity index (χ2n) is 4.69. The van der Waals surface area contributed by atoms with Crippen LogP contribution in [0.15, 0.2) is 22.7 Å². The largest absolute Gasteiger partial charge is 0.484 e. The minimum absolute atomic E-state index is 0.0750. The molecular weight excluding hydrogens is 284 g/mol. The summed E-state index contributed by atoms with van der Waals surface area (Å²) in [5.74, 6) is 0.735. The number of benzene rings is 1. The minimum atomic E-state index is -0.515. The van der Waals surface area contributed by atoms with Crippen molar-refractivity contribution in [3.63, 3.8) is 0 Å². The first-order chi connectivity index (χ1) is 7.96. The van der Waals surface area contributed by atoms with Gasteiger partial charge in [0.05, 0.1) is 12.2 Å². The van der Waals surface area contributed by atoms with E-state index < -0.39 is 11.7 Å². The van der Waals surface area contributed by atoms with Gasteiger partial charge in [-0.15, -0.1) is 0 Å². The Bertz CT molecular complexity index is 421. The number of ether oxygens (including phenoxy) is 2. The van der Waals surface area contributed by atoms with Crippen LogP contribution >= 0.6 is 15.9 Å². The van der Waals surface area contributed by atoms with Crippen LogP contribution in [0.25, 0.3) is 0 Å². The second kappa shape index (κ2) is 4.59. The van der Waals surface area contributed by atoms with Crippen LogP contribution in [-0.4, -0.2) is 23.9 Å². The van der Waals surface area contributed by atoms with Gasteiger partial charge in [0.1, 0.15) is 11.4 Å². The van der Waals surface area contributed by atoms with Crippen LogP contribution < -0.4 is 4.74 Å². The number of hydrogen-bond donors (Lipinski definition) is 1. The monoisotopic (exact) mass is 300 g/mol. The predicted molar refractivity (Wildman–Crippen MR) is 69.2 cm³/mol. The summed E-state index contributed by atoms with van der Waals surface area (Å²) in [6.45, 7) is 3.92. The summed E-state index contributed by atoms with van der Waals surface area (Å²) in [4.78, 5) is 0. The van der Waals surface area contributed by atoms with Gasteiger partial charge in [0, 0.05) is 23.6 Å². The van der Waals surface area contributed by atoms with Crippen LogP contribution in [-0.2, 0) is 4.74 Å². The highest BCUT2D eigenvalue weighted by atomic mass is 79.9. The molecule has 0 radical (unpaired) electrons. The molecule has 1 aromatic rings. The SMILES string of the molecule is COC(C)C1(C)C[C@@H](O)c2cc(Br)ccc2O1. The maximum atomic E-state index is 10.2. The van der Waals surface area contributed by atoms with Gasteiger partial charge < -0.3 is 14.6 Å². The maximum absolute atomic E-state index is 10.2. The van der Waals surface area contributed by atoms with E-state index in [4.69, 9.17) is 9.47 Å². The summed E-state index contributed by atoms with van der Waals surface area (Å²) in [6.07, 6.45) is -0.0568. The lowest BCUT2D eigenvalue weighted by atomic mass is 9.86. The zero-order valence-electron chi connectivity index (χ0n) is 10.2. The molecule has 1 aromatic carbocycles. The van der Waals surface area contributed by atoms with Crippen LogP contribution in [0.1, 0.15) is 31.9 Å². The van der Waals surface area contributed by atoms with Gasteiger partial charge in [-0.2, -0.15) is 0 Å². The average Bonchev–Trinajstić information content (AvgIpc) is 2.29. The molecule has 2 rings (SSSR count). The van der Waals surface area contributed by atoms with E-state index in [9.17, 15) is 5.11 Å². The zero-order valence-corrected chi connectivity index (χ0v) is 11.8. The molecule has 1 heterocycles. The third-order valence-electron chi connectivity index (χ3n) is 3.49. The molecular formula is C13H17BrO3. The van der Waals surface area contributed by atoms with E-state index in [1.54, 1.807) is 7.11 Å². The van der Waals surface area contributed by atoms with Gasteiger partial charge in [0.25, 0.3) is 0 Å². The lowest BCUT2D eigenvalue weighted by Crippen LogP contribution is -2.47. The summed E-state index contributed by atoms with van der Waals surface area (Å²) in [5.41, 5.74) is 0.342.